The minimum atomic E-state index is -0.995. The van der Waals surface area contributed by atoms with E-state index in [4.69, 9.17) is 5.11 Å². The summed E-state index contributed by atoms with van der Waals surface area (Å²) in [5, 5.41) is 11.7. The van der Waals surface area contributed by atoms with Crippen molar-refractivity contribution in [3.05, 3.63) is 41.0 Å². The number of benzene rings is 1. The van der Waals surface area contributed by atoms with E-state index in [1.807, 2.05) is 13.0 Å². The first-order valence-corrected chi connectivity index (χ1v) is 6.89. The molecule has 1 fully saturated rings. The predicted octanol–water partition coefficient (Wildman–Crippen LogP) is 2.77. The van der Waals surface area contributed by atoms with Gasteiger partial charge in [0.05, 0.1) is 0 Å². The number of carbonyl (C=O) groups excluding carboxylic acids is 1. The molecule has 0 aromatic heterocycles. The zero-order valence-electron chi connectivity index (χ0n) is 11.6. The van der Waals surface area contributed by atoms with Gasteiger partial charge in [-0.05, 0) is 49.1 Å². The van der Waals surface area contributed by atoms with Crippen molar-refractivity contribution in [2.45, 2.75) is 38.6 Å². The Bertz CT molecular complexity index is 543. The van der Waals surface area contributed by atoms with Gasteiger partial charge >= 0.3 is 5.97 Å². The Balaban J connectivity index is 2.13. The van der Waals surface area contributed by atoms with Gasteiger partial charge in [-0.2, -0.15) is 0 Å². The van der Waals surface area contributed by atoms with Crippen molar-refractivity contribution in [2.75, 3.05) is 0 Å². The molecule has 0 saturated heterocycles. The standard InChI is InChI=1S/C16H19NO3/c1-11-6-7-13(10-12(11)8-9-15(18)19)16(20)17-14-4-2-3-5-14/h6-10,14H,2-5H2,1H3,(H,17,20)(H,18,19)/b9-8+. The van der Waals surface area contributed by atoms with Gasteiger partial charge in [0.15, 0.2) is 0 Å². The summed E-state index contributed by atoms with van der Waals surface area (Å²) in [7, 11) is 0. The second kappa shape index (κ2) is 6.37. The lowest BCUT2D eigenvalue weighted by Gasteiger charge is -2.12. The van der Waals surface area contributed by atoms with Crippen LogP contribution in [0.3, 0.4) is 0 Å². The summed E-state index contributed by atoms with van der Waals surface area (Å²) < 4.78 is 0. The van der Waals surface area contributed by atoms with Gasteiger partial charge < -0.3 is 10.4 Å². The van der Waals surface area contributed by atoms with Gasteiger partial charge in [-0.15, -0.1) is 0 Å². The van der Waals surface area contributed by atoms with Crippen LogP contribution in [0.15, 0.2) is 24.3 Å². The van der Waals surface area contributed by atoms with Gasteiger partial charge in [0.2, 0.25) is 0 Å². The third kappa shape index (κ3) is 3.70. The van der Waals surface area contributed by atoms with Gasteiger partial charge in [0.1, 0.15) is 0 Å². The molecule has 106 valence electrons. The molecule has 1 aromatic carbocycles. The Morgan fingerprint density at radius 3 is 2.65 bits per heavy atom. The molecule has 0 spiro atoms. The Kier molecular flexibility index (Phi) is 4.56. The molecule has 1 aromatic rings. The molecule has 0 radical (unpaired) electrons. The molecule has 0 aliphatic heterocycles. The SMILES string of the molecule is Cc1ccc(C(=O)NC2CCCC2)cc1/C=C/C(=O)O. The fourth-order valence-corrected chi connectivity index (χ4v) is 2.46. The van der Waals surface area contributed by atoms with Crippen molar-refractivity contribution in [1.82, 2.24) is 5.32 Å². The van der Waals surface area contributed by atoms with Gasteiger partial charge in [0, 0.05) is 17.7 Å². The maximum absolute atomic E-state index is 12.2. The molecule has 20 heavy (non-hydrogen) atoms. The lowest BCUT2D eigenvalue weighted by molar-refractivity contribution is -0.131. The first kappa shape index (κ1) is 14.3. The molecule has 1 amide bonds. The van der Waals surface area contributed by atoms with E-state index in [2.05, 4.69) is 5.32 Å². The number of carboxylic acids is 1. The molecule has 1 aliphatic carbocycles. The fourth-order valence-electron chi connectivity index (χ4n) is 2.46. The summed E-state index contributed by atoms with van der Waals surface area (Å²) >= 11 is 0. The van der Waals surface area contributed by atoms with E-state index in [-0.39, 0.29) is 11.9 Å². The van der Waals surface area contributed by atoms with E-state index >= 15 is 0 Å². The first-order chi connectivity index (χ1) is 9.56. The Hall–Kier alpha value is -2.10. The zero-order valence-corrected chi connectivity index (χ0v) is 11.6. The number of hydrogen-bond donors (Lipinski definition) is 2. The molecule has 2 rings (SSSR count). The van der Waals surface area contributed by atoms with Crippen LogP contribution in [-0.4, -0.2) is 23.0 Å². The number of amides is 1. The highest BCUT2D eigenvalue weighted by Crippen LogP contribution is 2.19. The van der Waals surface area contributed by atoms with Crippen molar-refractivity contribution >= 4 is 18.0 Å². The fraction of sp³-hybridized carbons (Fsp3) is 0.375. The van der Waals surface area contributed by atoms with Crippen LogP contribution in [-0.2, 0) is 4.79 Å². The average Bonchev–Trinajstić information content (AvgIpc) is 2.90. The second-order valence-electron chi connectivity index (χ2n) is 5.20. The summed E-state index contributed by atoms with van der Waals surface area (Å²) in [6.45, 7) is 1.89. The zero-order chi connectivity index (χ0) is 14.5. The minimum Gasteiger partial charge on any atom is -0.478 e. The van der Waals surface area contributed by atoms with Gasteiger partial charge in [0.25, 0.3) is 5.91 Å². The first-order valence-electron chi connectivity index (χ1n) is 6.89. The van der Waals surface area contributed by atoms with Gasteiger partial charge in [-0.3, -0.25) is 4.79 Å². The van der Waals surface area contributed by atoms with Crippen LogP contribution < -0.4 is 5.32 Å². The summed E-state index contributed by atoms with van der Waals surface area (Å²) in [4.78, 5) is 22.7. The van der Waals surface area contributed by atoms with Crippen LogP contribution in [0.1, 0.15) is 47.2 Å². The maximum atomic E-state index is 12.2. The van der Waals surface area contributed by atoms with E-state index < -0.39 is 5.97 Å². The minimum absolute atomic E-state index is 0.0816. The maximum Gasteiger partial charge on any atom is 0.328 e. The predicted molar refractivity (Wildman–Crippen MR) is 77.6 cm³/mol. The Labute approximate surface area is 118 Å². The van der Waals surface area contributed by atoms with Crippen LogP contribution in [0.25, 0.3) is 6.08 Å². The Morgan fingerprint density at radius 2 is 2.00 bits per heavy atom. The molecule has 1 saturated carbocycles. The molecule has 0 bridgehead atoms. The van der Waals surface area contributed by atoms with E-state index in [1.54, 1.807) is 12.1 Å². The highest BCUT2D eigenvalue weighted by atomic mass is 16.4. The summed E-state index contributed by atoms with van der Waals surface area (Å²) in [6.07, 6.45) is 7.04. The molecule has 2 N–H and O–H groups in total. The number of rotatable bonds is 4. The molecular weight excluding hydrogens is 254 g/mol. The van der Waals surface area contributed by atoms with Gasteiger partial charge in [-0.1, -0.05) is 18.9 Å². The molecule has 0 heterocycles. The van der Waals surface area contributed by atoms with Crippen molar-refractivity contribution in [2.24, 2.45) is 0 Å². The number of carboxylic acid groups (broad SMARTS) is 1. The van der Waals surface area contributed by atoms with Crippen molar-refractivity contribution < 1.29 is 14.7 Å². The summed E-state index contributed by atoms with van der Waals surface area (Å²) in [5.41, 5.74) is 2.28. The number of carbonyl (C=O) groups is 2. The normalized spacial score (nSPS) is 15.7. The lowest BCUT2D eigenvalue weighted by atomic mass is 10.0. The van der Waals surface area contributed by atoms with Crippen LogP contribution >= 0.6 is 0 Å². The van der Waals surface area contributed by atoms with Crippen LogP contribution in [0.5, 0.6) is 0 Å². The number of aryl methyl sites for hydroxylation is 1. The van der Waals surface area contributed by atoms with E-state index in [0.29, 0.717) is 5.56 Å². The lowest BCUT2D eigenvalue weighted by Crippen LogP contribution is -2.32. The van der Waals surface area contributed by atoms with Crippen LogP contribution in [0, 0.1) is 6.92 Å². The third-order valence-corrected chi connectivity index (χ3v) is 3.64. The summed E-state index contributed by atoms with van der Waals surface area (Å²) in [6, 6.07) is 5.63. The van der Waals surface area contributed by atoms with Gasteiger partial charge in [-0.25, -0.2) is 4.79 Å². The van der Waals surface area contributed by atoms with Crippen molar-refractivity contribution in [3.8, 4) is 0 Å². The molecule has 4 heteroatoms. The molecule has 0 unspecified atom stereocenters. The second-order valence-corrected chi connectivity index (χ2v) is 5.20. The van der Waals surface area contributed by atoms with E-state index in [0.717, 1.165) is 30.0 Å². The number of hydrogen-bond acceptors (Lipinski definition) is 2. The quantitative estimate of drug-likeness (QED) is 0.829. The average molecular weight is 273 g/mol. The largest absolute Gasteiger partial charge is 0.478 e. The number of aliphatic carboxylic acids is 1. The third-order valence-electron chi connectivity index (χ3n) is 3.64. The monoisotopic (exact) mass is 273 g/mol. The summed E-state index contributed by atoms with van der Waals surface area (Å²) in [5.74, 6) is -1.08. The Morgan fingerprint density at radius 1 is 1.30 bits per heavy atom. The number of nitrogens with one attached hydrogen (secondary N) is 1. The van der Waals surface area contributed by atoms with Crippen LogP contribution in [0.2, 0.25) is 0 Å². The van der Waals surface area contributed by atoms with Crippen LogP contribution in [0.4, 0.5) is 0 Å². The highest BCUT2D eigenvalue weighted by molar-refractivity contribution is 5.95. The smallest absolute Gasteiger partial charge is 0.328 e. The molecule has 1 aliphatic rings. The molecular formula is C16H19NO3. The molecule has 0 atom stereocenters. The highest BCUT2D eigenvalue weighted by Gasteiger charge is 2.18. The topological polar surface area (TPSA) is 66.4 Å². The van der Waals surface area contributed by atoms with E-state index in [9.17, 15) is 9.59 Å². The van der Waals surface area contributed by atoms with Crippen molar-refractivity contribution in [3.63, 3.8) is 0 Å². The molecule has 4 nitrogen and oxygen atoms in total. The van der Waals surface area contributed by atoms with Crippen molar-refractivity contribution in [1.29, 1.82) is 0 Å². The van der Waals surface area contributed by atoms with E-state index in [1.165, 1.54) is 18.9 Å².